The Morgan fingerprint density at radius 3 is 3.00 bits per heavy atom. The molecule has 1 saturated heterocycles. The van der Waals surface area contributed by atoms with E-state index in [0.717, 1.165) is 18.9 Å². The number of carbonyl (C=O) groups is 1. The predicted octanol–water partition coefficient (Wildman–Crippen LogP) is 0.938. The molecule has 0 aromatic heterocycles. The maximum Gasteiger partial charge on any atom is 0.307 e. The van der Waals surface area contributed by atoms with Crippen molar-refractivity contribution in [1.82, 2.24) is 5.32 Å². The smallest absolute Gasteiger partial charge is 0.307 e. The van der Waals surface area contributed by atoms with E-state index in [-0.39, 0.29) is 5.97 Å². The molecular weight excluding hydrogens is 154 g/mol. The fourth-order valence-corrected chi connectivity index (χ4v) is 1.66. The van der Waals surface area contributed by atoms with Crippen molar-refractivity contribution >= 4 is 5.97 Å². The van der Waals surface area contributed by atoms with Gasteiger partial charge in [-0.15, -0.1) is 0 Å². The van der Waals surface area contributed by atoms with Crippen LogP contribution in [0.2, 0.25) is 0 Å². The molecule has 1 aliphatic rings. The quantitative estimate of drug-likeness (QED) is 0.628. The topological polar surface area (TPSA) is 38.3 Å². The number of hydrogen-bond acceptors (Lipinski definition) is 3. The minimum absolute atomic E-state index is 0.110. The fraction of sp³-hybridized carbons (Fsp3) is 0.889. The molecule has 1 rings (SSSR count). The summed E-state index contributed by atoms with van der Waals surface area (Å²) in [6.07, 6.45) is 2.83. The predicted molar refractivity (Wildman–Crippen MR) is 46.8 cm³/mol. The standard InChI is InChI=1S/C9H17NO2/c1-7-3-4-10-8(5-7)6-9(11)12-2/h7-8,10H,3-6H2,1-2H3. The van der Waals surface area contributed by atoms with E-state index in [2.05, 4.69) is 17.0 Å². The molecule has 0 aromatic rings. The van der Waals surface area contributed by atoms with Gasteiger partial charge < -0.3 is 10.1 Å². The first kappa shape index (κ1) is 9.52. The van der Waals surface area contributed by atoms with Crippen molar-refractivity contribution in [3.8, 4) is 0 Å². The lowest BCUT2D eigenvalue weighted by atomic mass is 9.93. The van der Waals surface area contributed by atoms with Gasteiger partial charge in [0.2, 0.25) is 0 Å². The van der Waals surface area contributed by atoms with Gasteiger partial charge >= 0.3 is 5.97 Å². The molecule has 0 radical (unpaired) electrons. The molecule has 0 saturated carbocycles. The van der Waals surface area contributed by atoms with Crippen LogP contribution in [0.4, 0.5) is 0 Å². The first-order valence-electron chi connectivity index (χ1n) is 4.52. The van der Waals surface area contributed by atoms with Crippen LogP contribution >= 0.6 is 0 Å². The maximum absolute atomic E-state index is 10.9. The first-order chi connectivity index (χ1) is 5.72. The van der Waals surface area contributed by atoms with Crippen LogP contribution in [0.25, 0.3) is 0 Å². The van der Waals surface area contributed by atoms with Gasteiger partial charge in [0.15, 0.2) is 0 Å². The van der Waals surface area contributed by atoms with Crippen LogP contribution in [-0.2, 0) is 9.53 Å². The molecular formula is C9H17NO2. The van der Waals surface area contributed by atoms with E-state index in [9.17, 15) is 4.79 Å². The monoisotopic (exact) mass is 171 g/mol. The van der Waals surface area contributed by atoms with Gasteiger partial charge in [-0.1, -0.05) is 6.92 Å². The minimum atomic E-state index is -0.110. The van der Waals surface area contributed by atoms with Crippen molar-refractivity contribution in [2.24, 2.45) is 5.92 Å². The zero-order chi connectivity index (χ0) is 8.97. The van der Waals surface area contributed by atoms with Crippen LogP contribution in [0.15, 0.2) is 0 Å². The highest BCUT2D eigenvalue weighted by atomic mass is 16.5. The zero-order valence-electron chi connectivity index (χ0n) is 7.80. The molecule has 0 spiro atoms. The van der Waals surface area contributed by atoms with Crippen LogP contribution in [-0.4, -0.2) is 25.7 Å². The van der Waals surface area contributed by atoms with Gasteiger partial charge in [-0.25, -0.2) is 0 Å². The Labute approximate surface area is 73.5 Å². The van der Waals surface area contributed by atoms with Crippen molar-refractivity contribution in [2.75, 3.05) is 13.7 Å². The Balaban J connectivity index is 2.27. The van der Waals surface area contributed by atoms with Gasteiger partial charge in [0, 0.05) is 6.04 Å². The Kier molecular flexibility index (Phi) is 3.53. The summed E-state index contributed by atoms with van der Waals surface area (Å²) >= 11 is 0. The van der Waals surface area contributed by atoms with E-state index in [1.54, 1.807) is 0 Å². The summed E-state index contributed by atoms with van der Waals surface area (Å²) < 4.78 is 4.61. The second kappa shape index (κ2) is 4.45. The molecule has 1 N–H and O–H groups in total. The molecule has 3 nitrogen and oxygen atoms in total. The fourth-order valence-electron chi connectivity index (χ4n) is 1.66. The number of rotatable bonds is 2. The average molecular weight is 171 g/mol. The van der Waals surface area contributed by atoms with Gasteiger partial charge in [-0.05, 0) is 25.3 Å². The second-order valence-corrected chi connectivity index (χ2v) is 3.56. The molecule has 1 aliphatic heterocycles. The number of nitrogens with one attached hydrogen (secondary N) is 1. The van der Waals surface area contributed by atoms with E-state index >= 15 is 0 Å². The number of esters is 1. The van der Waals surface area contributed by atoms with Gasteiger partial charge in [0.1, 0.15) is 0 Å². The molecule has 0 bridgehead atoms. The molecule has 0 aliphatic carbocycles. The third kappa shape index (κ3) is 2.81. The van der Waals surface area contributed by atoms with Crippen LogP contribution in [0.5, 0.6) is 0 Å². The van der Waals surface area contributed by atoms with Crippen molar-refractivity contribution in [3.05, 3.63) is 0 Å². The minimum Gasteiger partial charge on any atom is -0.469 e. The highest BCUT2D eigenvalue weighted by molar-refractivity contribution is 5.69. The van der Waals surface area contributed by atoms with E-state index < -0.39 is 0 Å². The van der Waals surface area contributed by atoms with Crippen molar-refractivity contribution in [3.63, 3.8) is 0 Å². The van der Waals surface area contributed by atoms with Crippen LogP contribution in [0.3, 0.4) is 0 Å². The largest absolute Gasteiger partial charge is 0.469 e. The SMILES string of the molecule is COC(=O)CC1CC(C)CCN1. The average Bonchev–Trinajstić information content (AvgIpc) is 2.04. The van der Waals surface area contributed by atoms with Crippen molar-refractivity contribution in [1.29, 1.82) is 0 Å². The van der Waals surface area contributed by atoms with Gasteiger partial charge in [0.25, 0.3) is 0 Å². The van der Waals surface area contributed by atoms with Gasteiger partial charge in [0.05, 0.1) is 13.5 Å². The lowest BCUT2D eigenvalue weighted by Gasteiger charge is -2.27. The number of ether oxygens (including phenoxy) is 1. The zero-order valence-corrected chi connectivity index (χ0v) is 7.80. The Morgan fingerprint density at radius 1 is 1.67 bits per heavy atom. The number of methoxy groups -OCH3 is 1. The van der Waals surface area contributed by atoms with Crippen LogP contribution in [0.1, 0.15) is 26.2 Å². The Hall–Kier alpha value is -0.570. The molecule has 12 heavy (non-hydrogen) atoms. The summed E-state index contributed by atoms with van der Waals surface area (Å²) in [7, 11) is 1.44. The van der Waals surface area contributed by atoms with E-state index in [4.69, 9.17) is 0 Å². The van der Waals surface area contributed by atoms with E-state index in [1.165, 1.54) is 13.5 Å². The van der Waals surface area contributed by atoms with Gasteiger partial charge in [-0.3, -0.25) is 4.79 Å². The summed E-state index contributed by atoms with van der Waals surface area (Å²) in [5, 5.41) is 3.31. The molecule has 2 atom stereocenters. The summed E-state index contributed by atoms with van der Waals surface area (Å²) in [4.78, 5) is 10.9. The molecule has 2 unspecified atom stereocenters. The Morgan fingerprint density at radius 2 is 2.42 bits per heavy atom. The second-order valence-electron chi connectivity index (χ2n) is 3.56. The molecule has 1 fully saturated rings. The summed E-state index contributed by atoms with van der Waals surface area (Å²) in [5.74, 6) is 0.627. The third-order valence-electron chi connectivity index (χ3n) is 2.40. The van der Waals surface area contributed by atoms with Crippen LogP contribution < -0.4 is 5.32 Å². The summed E-state index contributed by atoms with van der Waals surface area (Å²) in [5.41, 5.74) is 0. The highest BCUT2D eigenvalue weighted by Crippen LogP contribution is 2.17. The molecule has 0 amide bonds. The van der Waals surface area contributed by atoms with Gasteiger partial charge in [-0.2, -0.15) is 0 Å². The molecule has 70 valence electrons. The normalized spacial score (nSPS) is 29.8. The van der Waals surface area contributed by atoms with Crippen molar-refractivity contribution < 1.29 is 9.53 Å². The summed E-state index contributed by atoms with van der Waals surface area (Å²) in [6, 6.07) is 0.334. The third-order valence-corrected chi connectivity index (χ3v) is 2.40. The van der Waals surface area contributed by atoms with E-state index in [0.29, 0.717) is 12.5 Å². The number of piperidine rings is 1. The number of carbonyl (C=O) groups excluding carboxylic acids is 1. The highest BCUT2D eigenvalue weighted by Gasteiger charge is 2.20. The van der Waals surface area contributed by atoms with Crippen LogP contribution in [0, 0.1) is 5.92 Å². The Bertz CT molecular complexity index is 159. The van der Waals surface area contributed by atoms with Crippen molar-refractivity contribution in [2.45, 2.75) is 32.2 Å². The van der Waals surface area contributed by atoms with E-state index in [1.807, 2.05) is 0 Å². The molecule has 3 heteroatoms. The first-order valence-corrected chi connectivity index (χ1v) is 4.52. The summed E-state index contributed by atoms with van der Waals surface area (Å²) in [6.45, 7) is 3.26. The molecule has 1 heterocycles. The lowest BCUT2D eigenvalue weighted by molar-refractivity contribution is -0.141. The lowest BCUT2D eigenvalue weighted by Crippen LogP contribution is -2.38. The maximum atomic E-state index is 10.9. The number of hydrogen-bond donors (Lipinski definition) is 1. The molecule has 0 aromatic carbocycles.